The third kappa shape index (κ3) is 5.25. The van der Waals surface area contributed by atoms with Gasteiger partial charge in [-0.05, 0) is 48.2 Å². The maximum absolute atomic E-state index is 12.5. The Morgan fingerprint density at radius 3 is 2.43 bits per heavy atom. The summed E-state index contributed by atoms with van der Waals surface area (Å²) in [6.45, 7) is 4.39. The molecule has 0 saturated carbocycles. The lowest BCUT2D eigenvalue weighted by Gasteiger charge is -2.18. The molecule has 152 valence electrons. The smallest absolute Gasteiger partial charge is 0.220 e. The van der Waals surface area contributed by atoms with Crippen molar-refractivity contribution in [2.24, 2.45) is 12.8 Å². The molecule has 0 fully saturated rings. The van der Waals surface area contributed by atoms with Crippen LogP contribution in [-0.4, -0.2) is 22.2 Å². The minimum absolute atomic E-state index is 0. The number of rotatable bonds is 6. The largest absolute Gasteiger partial charge is 0.348 e. The number of carbonyl (C=O) groups is 1. The number of halogens is 2. The van der Waals surface area contributed by atoms with Crippen LogP contribution in [0.5, 0.6) is 0 Å². The highest BCUT2D eigenvalue weighted by Crippen LogP contribution is 2.20. The van der Waals surface area contributed by atoms with Gasteiger partial charge in [-0.25, -0.2) is 0 Å². The summed E-state index contributed by atoms with van der Waals surface area (Å²) >= 11 is 0. The third-order valence-corrected chi connectivity index (χ3v) is 5.01. The molecule has 5 nitrogen and oxygen atoms in total. The van der Waals surface area contributed by atoms with E-state index in [0.29, 0.717) is 19.4 Å². The molecule has 0 aliphatic carbocycles. The summed E-state index contributed by atoms with van der Waals surface area (Å²) in [5.41, 5.74) is 10.2. The molecule has 28 heavy (non-hydrogen) atoms. The van der Waals surface area contributed by atoms with Crippen LogP contribution in [0.1, 0.15) is 35.0 Å². The predicted molar refractivity (Wildman–Crippen MR) is 119 cm³/mol. The number of benzene rings is 2. The predicted octanol–water partition coefficient (Wildman–Crippen LogP) is 3.78. The van der Waals surface area contributed by atoms with E-state index in [9.17, 15) is 4.79 Å². The van der Waals surface area contributed by atoms with Crippen LogP contribution in [0.3, 0.4) is 0 Å². The molecule has 0 spiro atoms. The molecule has 3 rings (SSSR count). The number of nitrogens with zero attached hydrogens (tertiary/aromatic N) is 2. The van der Waals surface area contributed by atoms with E-state index in [1.54, 1.807) is 0 Å². The van der Waals surface area contributed by atoms with Crippen molar-refractivity contribution >= 4 is 41.5 Å². The Kier molecular flexibility index (Phi) is 8.95. The molecule has 3 N–H and O–H groups in total. The standard InChI is InChI=1S/C21H26N4O.2ClH/c1-14-19(15(2)25(3)24-14)10-11-21(26)23-20(13-22)18-9-8-16-6-4-5-7-17(16)12-18;;/h4-9,12,20H,10-11,13,22H2,1-3H3,(H,23,26);2*1H. The van der Waals surface area contributed by atoms with Crippen LogP contribution in [0.2, 0.25) is 0 Å². The molecule has 7 heteroatoms. The second kappa shape index (κ2) is 10.5. The summed E-state index contributed by atoms with van der Waals surface area (Å²) in [6.07, 6.45) is 1.11. The maximum atomic E-state index is 12.5. The van der Waals surface area contributed by atoms with Crippen molar-refractivity contribution in [2.75, 3.05) is 6.54 Å². The van der Waals surface area contributed by atoms with Gasteiger partial charge < -0.3 is 11.1 Å². The van der Waals surface area contributed by atoms with E-state index in [1.165, 1.54) is 5.39 Å². The Balaban J connectivity index is 0.00000196. The summed E-state index contributed by atoms with van der Waals surface area (Å²) in [4.78, 5) is 12.5. The minimum Gasteiger partial charge on any atom is -0.348 e. The number of nitrogens with one attached hydrogen (secondary N) is 1. The van der Waals surface area contributed by atoms with E-state index in [2.05, 4.69) is 34.7 Å². The molecule has 1 atom stereocenters. The lowest BCUT2D eigenvalue weighted by molar-refractivity contribution is -0.121. The second-order valence-electron chi connectivity index (χ2n) is 6.74. The van der Waals surface area contributed by atoms with Crippen molar-refractivity contribution in [1.29, 1.82) is 0 Å². The first-order valence-corrected chi connectivity index (χ1v) is 8.96. The molecule has 2 aromatic carbocycles. The third-order valence-electron chi connectivity index (χ3n) is 5.01. The first-order chi connectivity index (χ1) is 12.5. The van der Waals surface area contributed by atoms with Gasteiger partial charge in [-0.1, -0.05) is 36.4 Å². The summed E-state index contributed by atoms with van der Waals surface area (Å²) in [7, 11) is 1.93. The SMILES string of the molecule is Cc1nn(C)c(C)c1CCC(=O)NC(CN)c1ccc2ccccc2c1.Cl.Cl. The van der Waals surface area contributed by atoms with Gasteiger partial charge in [-0.15, -0.1) is 24.8 Å². The molecule has 3 aromatic rings. The van der Waals surface area contributed by atoms with Gasteiger partial charge in [0.25, 0.3) is 0 Å². The van der Waals surface area contributed by atoms with Crippen molar-refractivity contribution in [3.05, 3.63) is 65.0 Å². The van der Waals surface area contributed by atoms with E-state index in [4.69, 9.17) is 5.73 Å². The Morgan fingerprint density at radius 2 is 1.82 bits per heavy atom. The molecule has 0 aliphatic rings. The zero-order chi connectivity index (χ0) is 18.7. The summed E-state index contributed by atoms with van der Waals surface area (Å²) in [5.74, 6) is 0.0104. The number of fused-ring (bicyclic) bond motifs is 1. The maximum Gasteiger partial charge on any atom is 0.220 e. The first-order valence-electron chi connectivity index (χ1n) is 8.96. The van der Waals surface area contributed by atoms with Crippen molar-refractivity contribution in [3.8, 4) is 0 Å². The monoisotopic (exact) mass is 422 g/mol. The minimum atomic E-state index is -0.178. The van der Waals surface area contributed by atoms with Crippen molar-refractivity contribution in [1.82, 2.24) is 15.1 Å². The fraction of sp³-hybridized carbons (Fsp3) is 0.333. The number of amides is 1. The first kappa shape index (κ1) is 24.0. The number of nitrogens with two attached hydrogens (primary N) is 1. The Morgan fingerprint density at radius 1 is 1.14 bits per heavy atom. The van der Waals surface area contributed by atoms with Gasteiger partial charge in [0.1, 0.15) is 0 Å². The molecule has 0 bridgehead atoms. The van der Waals surface area contributed by atoms with Crippen molar-refractivity contribution in [3.63, 3.8) is 0 Å². The number of hydrogen-bond donors (Lipinski definition) is 2. The number of hydrogen-bond acceptors (Lipinski definition) is 3. The van der Waals surface area contributed by atoms with Gasteiger partial charge in [-0.3, -0.25) is 9.48 Å². The van der Waals surface area contributed by atoms with Gasteiger partial charge in [0.2, 0.25) is 5.91 Å². The van der Waals surface area contributed by atoms with Gasteiger partial charge in [0.05, 0.1) is 11.7 Å². The molecule has 0 radical (unpaired) electrons. The molecular formula is C21H28Cl2N4O. The van der Waals surface area contributed by atoms with Crippen LogP contribution in [0.15, 0.2) is 42.5 Å². The van der Waals surface area contributed by atoms with Crippen LogP contribution >= 0.6 is 24.8 Å². The van der Waals surface area contributed by atoms with E-state index in [0.717, 1.165) is 27.9 Å². The highest BCUT2D eigenvalue weighted by atomic mass is 35.5. The van der Waals surface area contributed by atoms with Gasteiger partial charge in [0, 0.05) is 25.7 Å². The lowest BCUT2D eigenvalue weighted by Crippen LogP contribution is -2.33. The zero-order valence-electron chi connectivity index (χ0n) is 16.4. The van der Waals surface area contributed by atoms with Crippen LogP contribution in [-0.2, 0) is 18.3 Å². The molecule has 0 saturated heterocycles. The highest BCUT2D eigenvalue weighted by molar-refractivity contribution is 5.85. The van der Waals surface area contributed by atoms with E-state index in [-0.39, 0.29) is 36.8 Å². The fourth-order valence-corrected chi connectivity index (χ4v) is 3.39. The zero-order valence-corrected chi connectivity index (χ0v) is 18.1. The molecule has 0 aliphatic heterocycles. The molecular weight excluding hydrogens is 395 g/mol. The quantitative estimate of drug-likeness (QED) is 0.634. The van der Waals surface area contributed by atoms with Crippen LogP contribution in [0, 0.1) is 13.8 Å². The molecule has 1 aromatic heterocycles. The van der Waals surface area contributed by atoms with Gasteiger partial charge in [-0.2, -0.15) is 5.10 Å². The Hall–Kier alpha value is -2.08. The Bertz CT molecular complexity index is 939. The van der Waals surface area contributed by atoms with Gasteiger partial charge >= 0.3 is 0 Å². The number of carbonyl (C=O) groups excluding carboxylic acids is 1. The topological polar surface area (TPSA) is 72.9 Å². The summed E-state index contributed by atoms with van der Waals surface area (Å²) in [6, 6.07) is 14.2. The lowest BCUT2D eigenvalue weighted by atomic mass is 10.0. The fourth-order valence-electron chi connectivity index (χ4n) is 3.39. The van der Waals surface area contributed by atoms with Crippen molar-refractivity contribution in [2.45, 2.75) is 32.7 Å². The normalized spacial score (nSPS) is 11.4. The number of aryl methyl sites for hydroxylation is 2. The van der Waals surface area contributed by atoms with E-state index in [1.807, 2.05) is 43.8 Å². The summed E-state index contributed by atoms with van der Waals surface area (Å²) in [5, 5.41) is 9.81. The average molecular weight is 423 g/mol. The van der Waals surface area contributed by atoms with E-state index < -0.39 is 0 Å². The molecule has 1 amide bonds. The highest BCUT2D eigenvalue weighted by Gasteiger charge is 2.15. The molecule has 1 unspecified atom stereocenters. The summed E-state index contributed by atoms with van der Waals surface area (Å²) < 4.78 is 1.86. The van der Waals surface area contributed by atoms with Gasteiger partial charge in [0.15, 0.2) is 0 Å². The van der Waals surface area contributed by atoms with Crippen LogP contribution < -0.4 is 11.1 Å². The second-order valence-corrected chi connectivity index (χ2v) is 6.74. The van der Waals surface area contributed by atoms with Crippen LogP contribution in [0.25, 0.3) is 10.8 Å². The van der Waals surface area contributed by atoms with E-state index >= 15 is 0 Å². The number of aromatic nitrogens is 2. The average Bonchev–Trinajstić information content (AvgIpc) is 2.89. The van der Waals surface area contributed by atoms with Crippen molar-refractivity contribution < 1.29 is 4.79 Å². The molecule has 1 heterocycles. The van der Waals surface area contributed by atoms with Crippen LogP contribution in [0.4, 0.5) is 0 Å². The Labute approximate surface area is 178 Å².